The monoisotopic (exact) mass is 353 g/mol. The van der Waals surface area contributed by atoms with Gasteiger partial charge in [-0.1, -0.05) is 6.92 Å². The molecule has 0 unspecified atom stereocenters. The van der Waals surface area contributed by atoms with E-state index in [9.17, 15) is 4.79 Å². The Balaban J connectivity index is 2.09. The number of thiophene rings is 1. The van der Waals surface area contributed by atoms with E-state index >= 15 is 0 Å². The number of hydrogen-bond donors (Lipinski definition) is 1. The lowest BCUT2D eigenvalue weighted by Gasteiger charge is -2.09. The summed E-state index contributed by atoms with van der Waals surface area (Å²) < 4.78 is 5.91. The second-order valence-corrected chi connectivity index (χ2v) is 6.11. The maximum absolute atomic E-state index is 12.2. The highest BCUT2D eigenvalue weighted by Gasteiger charge is 2.12. The highest BCUT2D eigenvalue weighted by molar-refractivity contribution is 9.10. The van der Waals surface area contributed by atoms with Crippen molar-refractivity contribution in [3.8, 4) is 5.75 Å². The number of rotatable bonds is 5. The summed E-state index contributed by atoms with van der Waals surface area (Å²) in [6.07, 6.45) is 0.984. The quantitative estimate of drug-likeness (QED) is 0.881. The molecular formula is C15H16BrNO2S. The van der Waals surface area contributed by atoms with Crippen LogP contribution in [0.2, 0.25) is 0 Å². The van der Waals surface area contributed by atoms with Crippen molar-refractivity contribution in [3.63, 3.8) is 0 Å². The second-order valence-electron chi connectivity index (χ2n) is 4.25. The zero-order valence-corrected chi connectivity index (χ0v) is 13.8. The standard InChI is InChI=1S/C15H16BrNO2S/c1-3-10-6-7-20-14(10)9-17-15(18)12-8-11(19-2)4-5-13(12)16/h4-8H,3,9H2,1-2H3,(H,17,18). The van der Waals surface area contributed by atoms with E-state index in [4.69, 9.17) is 4.74 Å². The van der Waals surface area contributed by atoms with Gasteiger partial charge in [-0.05, 0) is 57.6 Å². The topological polar surface area (TPSA) is 38.3 Å². The van der Waals surface area contributed by atoms with Gasteiger partial charge in [0.1, 0.15) is 5.75 Å². The first-order valence-corrected chi connectivity index (χ1v) is 8.00. The molecule has 0 aliphatic heterocycles. The Morgan fingerprint density at radius 3 is 2.90 bits per heavy atom. The third-order valence-electron chi connectivity index (χ3n) is 3.05. The van der Waals surface area contributed by atoms with Crippen LogP contribution in [0.15, 0.2) is 34.1 Å². The Bertz CT molecular complexity index is 610. The van der Waals surface area contributed by atoms with Gasteiger partial charge in [-0.3, -0.25) is 4.79 Å². The van der Waals surface area contributed by atoms with Crippen LogP contribution < -0.4 is 10.1 Å². The van der Waals surface area contributed by atoms with E-state index < -0.39 is 0 Å². The first-order valence-electron chi connectivity index (χ1n) is 6.32. The Morgan fingerprint density at radius 1 is 1.40 bits per heavy atom. The van der Waals surface area contributed by atoms with Gasteiger partial charge in [-0.25, -0.2) is 0 Å². The molecule has 1 amide bonds. The molecule has 0 saturated heterocycles. The molecule has 20 heavy (non-hydrogen) atoms. The van der Waals surface area contributed by atoms with Crippen molar-refractivity contribution < 1.29 is 9.53 Å². The van der Waals surface area contributed by atoms with Crippen LogP contribution in [0.3, 0.4) is 0 Å². The molecule has 1 N–H and O–H groups in total. The number of carbonyl (C=O) groups excluding carboxylic acids is 1. The highest BCUT2D eigenvalue weighted by Crippen LogP contribution is 2.23. The van der Waals surface area contributed by atoms with Crippen LogP contribution in [-0.4, -0.2) is 13.0 Å². The molecule has 0 atom stereocenters. The van der Waals surface area contributed by atoms with Crippen LogP contribution >= 0.6 is 27.3 Å². The number of nitrogens with one attached hydrogen (secondary N) is 1. The van der Waals surface area contributed by atoms with Gasteiger partial charge in [0, 0.05) is 9.35 Å². The third kappa shape index (κ3) is 3.41. The summed E-state index contributed by atoms with van der Waals surface area (Å²) in [4.78, 5) is 13.4. The summed E-state index contributed by atoms with van der Waals surface area (Å²) in [5, 5.41) is 5.01. The first-order chi connectivity index (χ1) is 9.65. The van der Waals surface area contributed by atoms with Crippen LogP contribution in [0.1, 0.15) is 27.7 Å². The molecule has 0 spiro atoms. The lowest BCUT2D eigenvalue weighted by molar-refractivity contribution is 0.0950. The molecule has 0 bridgehead atoms. The minimum absolute atomic E-state index is 0.105. The predicted molar refractivity (Wildman–Crippen MR) is 85.6 cm³/mol. The molecule has 0 saturated carbocycles. The van der Waals surface area contributed by atoms with E-state index in [-0.39, 0.29) is 5.91 Å². The fraction of sp³-hybridized carbons (Fsp3) is 0.267. The van der Waals surface area contributed by atoms with E-state index in [0.717, 1.165) is 10.9 Å². The third-order valence-corrected chi connectivity index (χ3v) is 4.70. The lowest BCUT2D eigenvalue weighted by atomic mass is 10.2. The number of amides is 1. The summed E-state index contributed by atoms with van der Waals surface area (Å²) in [7, 11) is 1.59. The molecule has 3 nitrogen and oxygen atoms in total. The van der Waals surface area contributed by atoms with Gasteiger partial charge >= 0.3 is 0 Å². The molecule has 106 valence electrons. The largest absolute Gasteiger partial charge is 0.497 e. The van der Waals surface area contributed by atoms with E-state index in [1.807, 2.05) is 12.1 Å². The summed E-state index contributed by atoms with van der Waals surface area (Å²) in [6, 6.07) is 7.47. The maximum atomic E-state index is 12.2. The molecule has 1 heterocycles. The molecule has 1 aromatic carbocycles. The fourth-order valence-corrected chi connectivity index (χ4v) is 3.24. The number of carbonyl (C=O) groups is 1. The summed E-state index contributed by atoms with van der Waals surface area (Å²) >= 11 is 5.07. The zero-order chi connectivity index (χ0) is 14.5. The molecule has 5 heteroatoms. The number of halogens is 1. The van der Waals surface area contributed by atoms with Gasteiger partial charge in [-0.15, -0.1) is 11.3 Å². The zero-order valence-electron chi connectivity index (χ0n) is 11.4. The smallest absolute Gasteiger partial charge is 0.252 e. The van der Waals surface area contributed by atoms with Gasteiger partial charge in [0.15, 0.2) is 0 Å². The van der Waals surface area contributed by atoms with Crippen LogP contribution in [0, 0.1) is 0 Å². The van der Waals surface area contributed by atoms with Crippen LogP contribution in [0.4, 0.5) is 0 Å². The van der Waals surface area contributed by atoms with E-state index in [2.05, 4.69) is 39.6 Å². The van der Waals surface area contributed by atoms with Crippen molar-refractivity contribution >= 4 is 33.2 Å². The van der Waals surface area contributed by atoms with E-state index in [1.54, 1.807) is 24.5 Å². The molecule has 2 rings (SSSR count). The Hall–Kier alpha value is -1.33. The van der Waals surface area contributed by atoms with Crippen LogP contribution in [0.25, 0.3) is 0 Å². The lowest BCUT2D eigenvalue weighted by Crippen LogP contribution is -2.23. The highest BCUT2D eigenvalue weighted by atomic mass is 79.9. The molecule has 2 aromatic rings. The number of methoxy groups -OCH3 is 1. The normalized spacial score (nSPS) is 10.3. The molecule has 0 fully saturated rings. The number of aryl methyl sites for hydroxylation is 1. The minimum Gasteiger partial charge on any atom is -0.497 e. The van der Waals surface area contributed by atoms with Crippen LogP contribution in [0.5, 0.6) is 5.75 Å². The average Bonchev–Trinajstić information content (AvgIpc) is 2.92. The van der Waals surface area contributed by atoms with Crippen molar-refractivity contribution in [2.24, 2.45) is 0 Å². The second kappa shape index (κ2) is 6.90. The van der Waals surface area contributed by atoms with E-state index in [1.165, 1.54) is 10.4 Å². The van der Waals surface area contributed by atoms with E-state index in [0.29, 0.717) is 17.9 Å². The fourth-order valence-electron chi connectivity index (χ4n) is 1.90. The summed E-state index contributed by atoms with van der Waals surface area (Å²) in [6.45, 7) is 2.68. The maximum Gasteiger partial charge on any atom is 0.252 e. The van der Waals surface area contributed by atoms with Gasteiger partial charge in [0.05, 0.1) is 19.2 Å². The first kappa shape index (κ1) is 15.1. The predicted octanol–water partition coefficient (Wildman–Crippen LogP) is 4.01. The molecule has 0 radical (unpaired) electrons. The molecule has 1 aromatic heterocycles. The van der Waals surface area contributed by atoms with Gasteiger partial charge in [-0.2, -0.15) is 0 Å². The average molecular weight is 354 g/mol. The Labute approximate surface area is 131 Å². The number of ether oxygens (including phenoxy) is 1. The minimum atomic E-state index is -0.105. The van der Waals surface area contributed by atoms with Gasteiger partial charge < -0.3 is 10.1 Å². The molecule has 0 aliphatic rings. The molecular weight excluding hydrogens is 338 g/mol. The summed E-state index contributed by atoms with van der Waals surface area (Å²) in [5.74, 6) is 0.565. The van der Waals surface area contributed by atoms with Crippen molar-refractivity contribution in [3.05, 3.63) is 50.1 Å². The van der Waals surface area contributed by atoms with Crippen molar-refractivity contribution in [2.45, 2.75) is 19.9 Å². The Morgan fingerprint density at radius 2 is 2.20 bits per heavy atom. The summed E-state index contributed by atoms with van der Waals surface area (Å²) in [5.41, 5.74) is 1.87. The number of hydrogen-bond acceptors (Lipinski definition) is 3. The SMILES string of the molecule is CCc1ccsc1CNC(=O)c1cc(OC)ccc1Br. The van der Waals surface area contributed by atoms with Crippen molar-refractivity contribution in [1.29, 1.82) is 0 Å². The molecule has 0 aliphatic carbocycles. The Kier molecular flexibility index (Phi) is 5.20. The van der Waals surface area contributed by atoms with Crippen molar-refractivity contribution in [2.75, 3.05) is 7.11 Å². The van der Waals surface area contributed by atoms with Gasteiger partial charge in [0.2, 0.25) is 0 Å². The van der Waals surface area contributed by atoms with Crippen LogP contribution in [-0.2, 0) is 13.0 Å². The van der Waals surface area contributed by atoms with Crippen molar-refractivity contribution in [1.82, 2.24) is 5.32 Å². The van der Waals surface area contributed by atoms with Gasteiger partial charge in [0.25, 0.3) is 5.91 Å². The number of benzene rings is 1.